The molecule has 0 aliphatic rings. The molecule has 2 rings (SSSR count). The van der Waals surface area contributed by atoms with Gasteiger partial charge in [-0.25, -0.2) is 0 Å². The fraction of sp³-hybridized carbons (Fsp3) is 0.308. The average molecular weight is 259 g/mol. The van der Waals surface area contributed by atoms with E-state index in [1.54, 1.807) is 17.8 Å². The highest BCUT2D eigenvalue weighted by Gasteiger charge is 2.09. The van der Waals surface area contributed by atoms with Crippen LogP contribution in [0.5, 0.6) is 0 Å². The largest absolute Gasteiger partial charge is 0.339 e. The van der Waals surface area contributed by atoms with E-state index in [2.05, 4.69) is 16.2 Å². The molecule has 0 saturated carbocycles. The Balaban J connectivity index is 2.00. The molecule has 0 unspecified atom stereocenters. The molecule has 4 nitrogen and oxygen atoms in total. The lowest BCUT2D eigenvalue weighted by Gasteiger charge is -1.98. The lowest BCUT2D eigenvalue weighted by atomic mass is 10.2. The third-order valence-electron chi connectivity index (χ3n) is 2.31. The summed E-state index contributed by atoms with van der Waals surface area (Å²) < 4.78 is 5.13. The molecule has 18 heavy (non-hydrogen) atoms. The van der Waals surface area contributed by atoms with Gasteiger partial charge < -0.3 is 4.52 Å². The molecule has 1 aromatic carbocycles. The maximum Gasteiger partial charge on any atom is 0.229 e. The third-order valence-corrected chi connectivity index (χ3v) is 3.30. The molecule has 0 amide bonds. The second-order valence-corrected chi connectivity index (χ2v) is 5.18. The number of hydrogen-bond acceptors (Lipinski definition) is 5. The Morgan fingerprint density at radius 1 is 1.44 bits per heavy atom. The molecule has 0 aliphatic carbocycles. The number of nitrogens with zero attached hydrogens (tertiary/aromatic N) is 3. The number of thioether (sulfide) groups is 1. The molecule has 1 aromatic heterocycles. The Bertz CT molecular complexity index is 572. The van der Waals surface area contributed by atoms with Crippen LogP contribution in [-0.4, -0.2) is 10.1 Å². The van der Waals surface area contributed by atoms with Crippen molar-refractivity contribution in [1.29, 1.82) is 5.26 Å². The number of nitriles is 1. The quantitative estimate of drug-likeness (QED) is 0.788. The summed E-state index contributed by atoms with van der Waals surface area (Å²) in [5, 5.41) is 12.7. The van der Waals surface area contributed by atoms with Gasteiger partial charge in [0.25, 0.3) is 0 Å². The Labute approximate surface area is 110 Å². The normalized spacial score (nSPS) is 10.6. The molecule has 2 aromatic rings. The van der Waals surface area contributed by atoms with Crippen LogP contribution in [0, 0.1) is 11.3 Å². The first-order chi connectivity index (χ1) is 8.69. The average Bonchev–Trinajstić information content (AvgIpc) is 2.85. The van der Waals surface area contributed by atoms with E-state index in [1.807, 2.05) is 32.0 Å². The van der Waals surface area contributed by atoms with Crippen molar-refractivity contribution in [2.75, 3.05) is 0 Å². The van der Waals surface area contributed by atoms with Crippen molar-refractivity contribution in [3.63, 3.8) is 0 Å². The zero-order valence-corrected chi connectivity index (χ0v) is 11.1. The van der Waals surface area contributed by atoms with Crippen LogP contribution in [0.4, 0.5) is 0 Å². The Morgan fingerprint density at radius 2 is 2.28 bits per heavy atom. The molecule has 1 heterocycles. The van der Waals surface area contributed by atoms with Crippen molar-refractivity contribution in [2.24, 2.45) is 0 Å². The van der Waals surface area contributed by atoms with E-state index < -0.39 is 0 Å². The smallest absolute Gasteiger partial charge is 0.229 e. The Kier molecular flexibility index (Phi) is 4.00. The standard InChI is InChI=1S/C13H13N3OS/c1-9(2)13-15-12(16-17-13)8-18-11-5-3-4-10(6-11)7-14/h3-6,9H,8H2,1-2H3. The second-order valence-electron chi connectivity index (χ2n) is 4.13. The van der Waals surface area contributed by atoms with Gasteiger partial charge in [0.1, 0.15) is 0 Å². The molecule has 5 heteroatoms. The number of rotatable bonds is 4. The van der Waals surface area contributed by atoms with E-state index in [-0.39, 0.29) is 5.92 Å². The maximum absolute atomic E-state index is 8.81. The van der Waals surface area contributed by atoms with Gasteiger partial charge >= 0.3 is 0 Å². The molecule has 92 valence electrons. The predicted octanol–water partition coefficient (Wildman–Crippen LogP) is 3.36. The summed E-state index contributed by atoms with van der Waals surface area (Å²) in [6.45, 7) is 4.03. The highest BCUT2D eigenvalue weighted by Crippen LogP contribution is 2.23. The molecule has 0 aliphatic heterocycles. The monoisotopic (exact) mass is 259 g/mol. The zero-order chi connectivity index (χ0) is 13.0. The first kappa shape index (κ1) is 12.7. The zero-order valence-electron chi connectivity index (χ0n) is 10.3. The van der Waals surface area contributed by atoms with Gasteiger partial charge in [-0.2, -0.15) is 10.2 Å². The van der Waals surface area contributed by atoms with E-state index in [1.165, 1.54) is 0 Å². The van der Waals surface area contributed by atoms with Gasteiger partial charge in [0.2, 0.25) is 5.89 Å². The number of hydrogen-bond donors (Lipinski definition) is 0. The summed E-state index contributed by atoms with van der Waals surface area (Å²) in [7, 11) is 0. The molecular weight excluding hydrogens is 246 g/mol. The summed E-state index contributed by atoms with van der Waals surface area (Å²) >= 11 is 1.59. The SMILES string of the molecule is CC(C)c1nc(CSc2cccc(C#N)c2)no1. The van der Waals surface area contributed by atoms with Crippen molar-refractivity contribution in [3.05, 3.63) is 41.5 Å². The van der Waals surface area contributed by atoms with Gasteiger partial charge in [-0.3, -0.25) is 0 Å². The van der Waals surface area contributed by atoms with Gasteiger partial charge in [-0.1, -0.05) is 25.1 Å². The fourth-order valence-corrected chi connectivity index (χ4v) is 2.16. The van der Waals surface area contributed by atoms with Crippen molar-refractivity contribution in [3.8, 4) is 6.07 Å². The molecule has 0 N–H and O–H groups in total. The minimum Gasteiger partial charge on any atom is -0.339 e. The van der Waals surface area contributed by atoms with Gasteiger partial charge in [-0.15, -0.1) is 11.8 Å². The highest BCUT2D eigenvalue weighted by atomic mass is 32.2. The Hall–Kier alpha value is -1.80. The predicted molar refractivity (Wildman–Crippen MR) is 69.1 cm³/mol. The summed E-state index contributed by atoms with van der Waals surface area (Å²) in [5.41, 5.74) is 0.663. The van der Waals surface area contributed by atoms with Crippen LogP contribution in [0.15, 0.2) is 33.7 Å². The van der Waals surface area contributed by atoms with Crippen LogP contribution in [0.2, 0.25) is 0 Å². The van der Waals surface area contributed by atoms with Gasteiger partial charge in [0.15, 0.2) is 5.82 Å². The van der Waals surface area contributed by atoms with Crippen LogP contribution in [0.3, 0.4) is 0 Å². The van der Waals surface area contributed by atoms with E-state index in [9.17, 15) is 0 Å². The molecule has 0 fully saturated rings. The second kappa shape index (κ2) is 5.69. The number of benzene rings is 1. The van der Waals surface area contributed by atoms with Crippen molar-refractivity contribution in [2.45, 2.75) is 30.4 Å². The summed E-state index contributed by atoms with van der Waals surface area (Å²) in [6.07, 6.45) is 0. The summed E-state index contributed by atoms with van der Waals surface area (Å²) in [4.78, 5) is 5.34. The van der Waals surface area contributed by atoms with Gasteiger partial charge in [0.05, 0.1) is 17.4 Å². The molecule has 0 saturated heterocycles. The first-order valence-corrected chi connectivity index (χ1v) is 6.63. The third kappa shape index (κ3) is 3.11. The van der Waals surface area contributed by atoms with Crippen LogP contribution >= 0.6 is 11.8 Å². The van der Waals surface area contributed by atoms with E-state index in [0.717, 1.165) is 4.90 Å². The van der Waals surface area contributed by atoms with E-state index in [0.29, 0.717) is 23.0 Å². The van der Waals surface area contributed by atoms with Crippen molar-refractivity contribution in [1.82, 2.24) is 10.1 Å². The topological polar surface area (TPSA) is 62.7 Å². The molecule has 0 radical (unpaired) electrons. The fourth-order valence-electron chi connectivity index (χ4n) is 1.36. The van der Waals surface area contributed by atoms with E-state index >= 15 is 0 Å². The molecule has 0 spiro atoms. The van der Waals surface area contributed by atoms with Gasteiger partial charge in [-0.05, 0) is 18.2 Å². The minimum atomic E-state index is 0.248. The molecular formula is C13H13N3OS. The van der Waals surface area contributed by atoms with Crippen LogP contribution in [-0.2, 0) is 5.75 Å². The molecule has 0 bridgehead atoms. The van der Waals surface area contributed by atoms with Gasteiger partial charge in [0, 0.05) is 10.8 Å². The minimum absolute atomic E-state index is 0.248. The van der Waals surface area contributed by atoms with Crippen LogP contribution < -0.4 is 0 Å². The summed E-state index contributed by atoms with van der Waals surface area (Å²) in [6, 6.07) is 9.60. The lowest BCUT2D eigenvalue weighted by Crippen LogP contribution is -1.88. The van der Waals surface area contributed by atoms with E-state index in [4.69, 9.17) is 9.78 Å². The van der Waals surface area contributed by atoms with Crippen molar-refractivity contribution < 1.29 is 4.52 Å². The van der Waals surface area contributed by atoms with Crippen molar-refractivity contribution >= 4 is 11.8 Å². The first-order valence-electron chi connectivity index (χ1n) is 5.64. The molecule has 0 atom stereocenters. The highest BCUT2D eigenvalue weighted by molar-refractivity contribution is 7.98. The lowest BCUT2D eigenvalue weighted by molar-refractivity contribution is 0.362. The van der Waals surface area contributed by atoms with Crippen LogP contribution in [0.1, 0.15) is 37.0 Å². The number of aromatic nitrogens is 2. The Morgan fingerprint density at radius 3 is 2.94 bits per heavy atom. The summed E-state index contributed by atoms with van der Waals surface area (Å²) in [5.74, 6) is 2.24. The van der Waals surface area contributed by atoms with Crippen LogP contribution in [0.25, 0.3) is 0 Å². The maximum atomic E-state index is 8.81.